The Labute approximate surface area is 163 Å². The molecule has 1 heterocycles. The third-order valence-corrected chi connectivity index (χ3v) is 5.35. The van der Waals surface area contributed by atoms with E-state index in [4.69, 9.17) is 9.72 Å². The van der Waals surface area contributed by atoms with Crippen molar-refractivity contribution < 1.29 is 14.6 Å². The Morgan fingerprint density at radius 1 is 1.07 bits per heavy atom. The second kappa shape index (κ2) is 9.33. The number of carboxylic acids is 1. The van der Waals surface area contributed by atoms with Gasteiger partial charge in [-0.2, -0.15) is 0 Å². The van der Waals surface area contributed by atoms with Gasteiger partial charge in [0.05, 0.1) is 23.7 Å². The summed E-state index contributed by atoms with van der Waals surface area (Å²) in [4.78, 5) is 16.7. The second-order valence-corrected chi connectivity index (χ2v) is 7.56. The van der Waals surface area contributed by atoms with Crippen molar-refractivity contribution in [2.75, 3.05) is 6.61 Å². The number of carboxylic acid groups (broad SMARTS) is 1. The first-order chi connectivity index (χ1) is 13.1. The first-order valence-corrected chi connectivity index (χ1v) is 9.89. The number of aryl methyl sites for hydroxylation is 2. The number of aliphatic carboxylic acids is 1. The maximum absolute atomic E-state index is 11.2. The number of para-hydroxylation sites is 1. The van der Waals surface area contributed by atoms with Crippen LogP contribution in [0, 0.1) is 6.92 Å². The zero-order valence-corrected chi connectivity index (χ0v) is 16.2. The van der Waals surface area contributed by atoms with Gasteiger partial charge in [-0.05, 0) is 37.8 Å². The zero-order valence-electron chi connectivity index (χ0n) is 15.4. The van der Waals surface area contributed by atoms with Crippen molar-refractivity contribution in [3.63, 3.8) is 0 Å². The summed E-state index contributed by atoms with van der Waals surface area (Å²) in [6.45, 7) is 2.71. The van der Waals surface area contributed by atoms with Gasteiger partial charge in [0.25, 0.3) is 0 Å². The van der Waals surface area contributed by atoms with E-state index in [0.717, 1.165) is 51.7 Å². The molecule has 0 saturated carbocycles. The molecular formula is C22H23NO3S. The largest absolute Gasteiger partial charge is 0.493 e. The molecule has 3 aromatic rings. The molecule has 0 unspecified atom stereocenters. The third kappa shape index (κ3) is 5.41. The van der Waals surface area contributed by atoms with Crippen molar-refractivity contribution in [1.82, 2.24) is 4.98 Å². The fourth-order valence-corrected chi connectivity index (χ4v) is 3.99. The van der Waals surface area contributed by atoms with Crippen LogP contribution >= 0.6 is 11.3 Å². The van der Waals surface area contributed by atoms with Crippen molar-refractivity contribution in [3.05, 3.63) is 70.0 Å². The number of thiazole rings is 1. The molecule has 140 valence electrons. The van der Waals surface area contributed by atoms with Crippen molar-refractivity contribution in [3.8, 4) is 17.0 Å². The average molecular weight is 381 g/mol. The normalized spacial score (nSPS) is 10.7. The molecule has 0 aliphatic rings. The molecule has 0 aliphatic carbocycles. The number of ether oxygens (including phenoxy) is 1. The summed E-state index contributed by atoms with van der Waals surface area (Å²) in [5.41, 5.74) is 2.91. The van der Waals surface area contributed by atoms with Crippen LogP contribution in [0.25, 0.3) is 11.3 Å². The lowest BCUT2D eigenvalue weighted by Crippen LogP contribution is -1.99. The molecule has 3 rings (SSSR count). The van der Waals surface area contributed by atoms with Gasteiger partial charge in [-0.25, -0.2) is 4.98 Å². The topological polar surface area (TPSA) is 59.4 Å². The Morgan fingerprint density at radius 2 is 1.81 bits per heavy atom. The Morgan fingerprint density at radius 3 is 2.56 bits per heavy atom. The maximum Gasteiger partial charge on any atom is 0.308 e. The molecule has 0 bridgehead atoms. The van der Waals surface area contributed by atoms with Gasteiger partial charge in [-0.1, -0.05) is 48.5 Å². The molecule has 4 nitrogen and oxygen atoms in total. The van der Waals surface area contributed by atoms with Crippen LogP contribution in [0.15, 0.2) is 54.6 Å². The van der Waals surface area contributed by atoms with Gasteiger partial charge in [0.1, 0.15) is 5.75 Å². The summed E-state index contributed by atoms with van der Waals surface area (Å²) < 4.78 is 5.83. The minimum absolute atomic E-state index is 0.0122. The molecule has 0 fully saturated rings. The minimum Gasteiger partial charge on any atom is -0.493 e. The number of unbranched alkanes of at least 4 members (excludes halogenated alkanes) is 1. The van der Waals surface area contributed by atoms with E-state index in [1.165, 1.54) is 11.3 Å². The van der Waals surface area contributed by atoms with Crippen molar-refractivity contribution >= 4 is 17.3 Å². The van der Waals surface area contributed by atoms with Gasteiger partial charge in [0, 0.05) is 10.4 Å². The highest BCUT2D eigenvalue weighted by Crippen LogP contribution is 2.29. The Kier molecular flexibility index (Phi) is 6.60. The lowest BCUT2D eigenvalue weighted by atomic mass is 10.1. The molecule has 0 saturated heterocycles. The van der Waals surface area contributed by atoms with Crippen molar-refractivity contribution in [2.45, 2.75) is 32.6 Å². The molecule has 1 N–H and O–H groups in total. The fraction of sp³-hybridized carbons (Fsp3) is 0.273. The van der Waals surface area contributed by atoms with Crippen LogP contribution in [0.1, 0.15) is 28.3 Å². The molecule has 2 aromatic carbocycles. The molecule has 5 heteroatoms. The number of carbonyl (C=O) groups is 1. The molecule has 0 radical (unpaired) electrons. The van der Waals surface area contributed by atoms with Gasteiger partial charge in [-0.3, -0.25) is 4.79 Å². The quantitative estimate of drug-likeness (QED) is 0.521. The van der Waals surface area contributed by atoms with E-state index < -0.39 is 5.97 Å². The second-order valence-electron chi connectivity index (χ2n) is 6.39. The van der Waals surface area contributed by atoms with Crippen LogP contribution in [-0.2, 0) is 17.6 Å². The highest BCUT2D eigenvalue weighted by atomic mass is 32.1. The van der Waals surface area contributed by atoms with Gasteiger partial charge in [-0.15, -0.1) is 11.3 Å². The molecule has 27 heavy (non-hydrogen) atoms. The molecule has 0 aliphatic heterocycles. The highest BCUT2D eigenvalue weighted by molar-refractivity contribution is 7.12. The van der Waals surface area contributed by atoms with Crippen LogP contribution in [0.4, 0.5) is 0 Å². The summed E-state index contributed by atoms with van der Waals surface area (Å²) in [7, 11) is 0. The van der Waals surface area contributed by atoms with E-state index in [1.54, 1.807) is 0 Å². The summed E-state index contributed by atoms with van der Waals surface area (Å²) >= 11 is 1.51. The Bertz CT molecular complexity index is 890. The first kappa shape index (κ1) is 19.1. The van der Waals surface area contributed by atoms with Gasteiger partial charge in [0.15, 0.2) is 0 Å². The predicted octanol–water partition coefficient (Wildman–Crippen LogP) is 5.15. The smallest absolute Gasteiger partial charge is 0.308 e. The lowest BCUT2D eigenvalue weighted by molar-refractivity contribution is -0.136. The summed E-state index contributed by atoms with van der Waals surface area (Å²) in [5.74, 6) is 0.107. The molecule has 0 atom stereocenters. The van der Waals surface area contributed by atoms with E-state index in [0.29, 0.717) is 6.61 Å². The number of hydrogen-bond donors (Lipinski definition) is 1. The minimum atomic E-state index is -0.825. The molecule has 0 amide bonds. The van der Waals surface area contributed by atoms with Crippen molar-refractivity contribution in [1.29, 1.82) is 0 Å². The van der Waals surface area contributed by atoms with E-state index in [9.17, 15) is 9.90 Å². The number of benzene rings is 2. The van der Waals surface area contributed by atoms with E-state index in [-0.39, 0.29) is 6.42 Å². The SMILES string of the molecule is Cc1ccccc1OCCCCc1nc(-c2ccccc2)c(CC(=O)O)s1. The monoisotopic (exact) mass is 381 g/mol. The third-order valence-electron chi connectivity index (χ3n) is 4.24. The summed E-state index contributed by atoms with van der Waals surface area (Å²) in [6, 6.07) is 17.8. The van der Waals surface area contributed by atoms with Crippen LogP contribution in [-0.4, -0.2) is 22.7 Å². The van der Waals surface area contributed by atoms with Crippen LogP contribution in [0.3, 0.4) is 0 Å². The fourth-order valence-electron chi connectivity index (χ4n) is 2.86. The Hall–Kier alpha value is -2.66. The van der Waals surface area contributed by atoms with Gasteiger partial charge in [0.2, 0.25) is 0 Å². The first-order valence-electron chi connectivity index (χ1n) is 9.07. The summed E-state index contributed by atoms with van der Waals surface area (Å²) in [6.07, 6.45) is 2.74. The lowest BCUT2D eigenvalue weighted by Gasteiger charge is -2.08. The van der Waals surface area contributed by atoms with Gasteiger partial charge < -0.3 is 9.84 Å². The zero-order chi connectivity index (χ0) is 19.1. The van der Waals surface area contributed by atoms with Crippen LogP contribution in [0.2, 0.25) is 0 Å². The Balaban J connectivity index is 1.58. The van der Waals surface area contributed by atoms with Crippen molar-refractivity contribution in [2.24, 2.45) is 0 Å². The van der Waals surface area contributed by atoms with E-state index in [2.05, 4.69) is 0 Å². The molecule has 0 spiro atoms. The molecule has 1 aromatic heterocycles. The number of hydrogen-bond acceptors (Lipinski definition) is 4. The number of nitrogens with zero attached hydrogens (tertiary/aromatic N) is 1. The van der Waals surface area contributed by atoms with E-state index in [1.807, 2.05) is 61.5 Å². The van der Waals surface area contributed by atoms with Crippen LogP contribution < -0.4 is 4.74 Å². The number of rotatable bonds is 9. The van der Waals surface area contributed by atoms with E-state index >= 15 is 0 Å². The predicted molar refractivity (Wildman–Crippen MR) is 109 cm³/mol. The molecular weight excluding hydrogens is 358 g/mol. The summed E-state index contributed by atoms with van der Waals surface area (Å²) in [5, 5.41) is 10.2. The van der Waals surface area contributed by atoms with Crippen LogP contribution in [0.5, 0.6) is 5.75 Å². The maximum atomic E-state index is 11.2. The number of aromatic nitrogens is 1. The van der Waals surface area contributed by atoms with Gasteiger partial charge >= 0.3 is 5.97 Å². The standard InChI is InChI=1S/C22H23NO3S/c1-16-9-5-6-12-18(16)26-14-8-7-13-20-23-22(17-10-3-2-4-11-17)19(27-20)15-21(24)25/h2-6,9-12H,7-8,13-15H2,1H3,(H,24,25). The highest BCUT2D eigenvalue weighted by Gasteiger charge is 2.15. The average Bonchev–Trinajstić information content (AvgIpc) is 3.05.